The molecule has 6 aliphatic carbocycles. The van der Waals surface area contributed by atoms with Crippen LogP contribution in [0.25, 0.3) is 0 Å². The third-order valence-electron chi connectivity index (χ3n) is 8.40. The average molecular weight is 417 g/mol. The molecule has 6 saturated carbocycles. The van der Waals surface area contributed by atoms with E-state index in [0.29, 0.717) is 36.4 Å². The van der Waals surface area contributed by atoms with Crippen LogP contribution in [-0.2, 0) is 19.1 Å². The highest BCUT2D eigenvalue weighted by Gasteiger charge is 2.51. The first-order valence-electron chi connectivity index (χ1n) is 11.7. The summed E-state index contributed by atoms with van der Waals surface area (Å²) in [5.74, 6) is 1.01. The number of ketones is 1. The van der Waals surface area contributed by atoms with Crippen LogP contribution in [0.3, 0.4) is 0 Å². The number of imide groups is 1. The first-order valence-corrected chi connectivity index (χ1v) is 11.7. The molecule has 0 aromatic rings. The van der Waals surface area contributed by atoms with Crippen molar-refractivity contribution in [3.05, 3.63) is 0 Å². The number of hydrogen-bond acceptors (Lipinski definition) is 5. The largest absolute Gasteiger partial charge is 0.455 e. The Morgan fingerprint density at radius 3 is 2.03 bits per heavy atom. The molecule has 30 heavy (non-hydrogen) atoms. The quantitative estimate of drug-likeness (QED) is 0.686. The van der Waals surface area contributed by atoms with Gasteiger partial charge in [-0.15, -0.1) is 0 Å². The molecule has 6 bridgehead atoms. The average Bonchev–Trinajstić information content (AvgIpc) is 2.64. The van der Waals surface area contributed by atoms with Crippen LogP contribution in [0.2, 0.25) is 0 Å². The SMILES string of the molecule is O=C(COC(=O)C1C[C@H]2CCC[C@@H](C1)C2=O)NC(=O)NC12CC3CC(CC(C3)C1)C2. The van der Waals surface area contributed by atoms with Gasteiger partial charge in [-0.25, -0.2) is 4.79 Å². The Bertz CT molecular complexity index is 711. The number of amides is 3. The third-order valence-corrected chi connectivity index (χ3v) is 8.40. The highest BCUT2D eigenvalue weighted by Crippen LogP contribution is 2.55. The Hall–Kier alpha value is -1.92. The second-order valence-corrected chi connectivity index (χ2v) is 10.7. The number of rotatable bonds is 4. The van der Waals surface area contributed by atoms with Gasteiger partial charge < -0.3 is 10.1 Å². The van der Waals surface area contributed by atoms with Gasteiger partial charge in [0.25, 0.3) is 5.91 Å². The van der Waals surface area contributed by atoms with Crippen molar-refractivity contribution in [3.63, 3.8) is 0 Å². The number of carbonyl (C=O) groups excluding carboxylic acids is 4. The van der Waals surface area contributed by atoms with E-state index in [2.05, 4.69) is 10.6 Å². The number of nitrogens with one attached hydrogen (secondary N) is 2. The lowest BCUT2D eigenvalue weighted by molar-refractivity contribution is -0.156. The zero-order valence-electron chi connectivity index (χ0n) is 17.5. The zero-order chi connectivity index (χ0) is 20.9. The van der Waals surface area contributed by atoms with E-state index in [-0.39, 0.29) is 23.3 Å². The number of urea groups is 1. The summed E-state index contributed by atoms with van der Waals surface area (Å²) in [6.07, 6.45) is 10.7. The van der Waals surface area contributed by atoms with E-state index in [1.54, 1.807) is 0 Å². The molecule has 7 heteroatoms. The standard InChI is InChI=1S/C23H32N2O5/c26-19(12-30-21(28)18-7-16-2-1-3-17(8-18)20(16)27)24-22(29)25-23-9-13-4-14(10-23)6-15(5-13)11-23/h13-18H,1-12H2,(H2,24,25,26,29)/t13?,14?,15?,16-,17+,18?,23?. The fraction of sp³-hybridized carbons (Fsp3) is 0.826. The van der Waals surface area contributed by atoms with Crippen molar-refractivity contribution >= 4 is 23.7 Å². The van der Waals surface area contributed by atoms with Crippen LogP contribution in [-0.4, -0.2) is 35.8 Å². The minimum Gasteiger partial charge on any atom is -0.455 e. The maximum atomic E-state index is 12.4. The fourth-order valence-corrected chi connectivity index (χ4v) is 7.63. The van der Waals surface area contributed by atoms with Crippen LogP contribution in [0.5, 0.6) is 0 Å². The van der Waals surface area contributed by atoms with Crippen LogP contribution >= 0.6 is 0 Å². The van der Waals surface area contributed by atoms with Crippen molar-refractivity contribution in [2.75, 3.05) is 6.61 Å². The Balaban J connectivity index is 1.08. The molecule has 1 unspecified atom stereocenters. The van der Waals surface area contributed by atoms with Crippen LogP contribution in [0, 0.1) is 35.5 Å². The van der Waals surface area contributed by atoms with Crippen molar-refractivity contribution in [2.45, 2.75) is 76.2 Å². The molecule has 0 heterocycles. The summed E-state index contributed by atoms with van der Waals surface area (Å²) in [7, 11) is 0. The number of fused-ring (bicyclic) bond motifs is 2. The first-order chi connectivity index (χ1) is 14.4. The fourth-order valence-electron chi connectivity index (χ4n) is 7.63. The smallest absolute Gasteiger partial charge is 0.321 e. The van der Waals surface area contributed by atoms with Crippen molar-refractivity contribution in [3.8, 4) is 0 Å². The highest BCUT2D eigenvalue weighted by molar-refractivity contribution is 5.96. The molecule has 3 amide bonds. The lowest BCUT2D eigenvalue weighted by atomic mass is 9.53. The molecule has 6 rings (SSSR count). The number of Topliss-reactive ketones (excluding diaryl/α,β-unsaturated/α-hetero) is 1. The lowest BCUT2D eigenvalue weighted by Gasteiger charge is -2.56. The van der Waals surface area contributed by atoms with E-state index in [9.17, 15) is 19.2 Å². The number of ether oxygens (including phenoxy) is 1. The number of hydrogen-bond donors (Lipinski definition) is 2. The molecule has 0 aromatic carbocycles. The highest BCUT2D eigenvalue weighted by atomic mass is 16.5. The summed E-state index contributed by atoms with van der Waals surface area (Å²) in [6, 6.07) is -0.476. The topological polar surface area (TPSA) is 102 Å². The zero-order valence-corrected chi connectivity index (χ0v) is 17.5. The number of esters is 1. The molecule has 0 aromatic heterocycles. The molecule has 0 saturated heterocycles. The summed E-state index contributed by atoms with van der Waals surface area (Å²) in [5.41, 5.74) is -0.164. The van der Waals surface area contributed by atoms with E-state index in [1.807, 2.05) is 0 Å². The predicted molar refractivity (Wildman–Crippen MR) is 107 cm³/mol. The maximum absolute atomic E-state index is 12.4. The van der Waals surface area contributed by atoms with Gasteiger partial charge in [0, 0.05) is 17.4 Å². The van der Waals surface area contributed by atoms with E-state index >= 15 is 0 Å². The minimum absolute atomic E-state index is 0.0325. The van der Waals surface area contributed by atoms with E-state index in [0.717, 1.165) is 38.5 Å². The van der Waals surface area contributed by atoms with Gasteiger partial charge in [-0.05, 0) is 82.0 Å². The van der Waals surface area contributed by atoms with Crippen LogP contribution in [0.1, 0.15) is 70.6 Å². The second kappa shape index (κ2) is 7.65. The van der Waals surface area contributed by atoms with Gasteiger partial charge in [0.15, 0.2) is 6.61 Å². The van der Waals surface area contributed by atoms with Crippen LogP contribution in [0.15, 0.2) is 0 Å². The summed E-state index contributed by atoms with van der Waals surface area (Å²) in [4.78, 5) is 49.2. The summed E-state index contributed by atoms with van der Waals surface area (Å²) < 4.78 is 5.20. The summed E-state index contributed by atoms with van der Waals surface area (Å²) in [5, 5.41) is 5.43. The minimum atomic E-state index is -0.599. The van der Waals surface area contributed by atoms with E-state index in [4.69, 9.17) is 4.74 Å². The Morgan fingerprint density at radius 2 is 1.47 bits per heavy atom. The van der Waals surface area contributed by atoms with E-state index < -0.39 is 24.5 Å². The summed E-state index contributed by atoms with van der Waals surface area (Å²) in [6.45, 7) is -0.451. The van der Waals surface area contributed by atoms with Gasteiger partial charge in [-0.1, -0.05) is 6.42 Å². The van der Waals surface area contributed by atoms with Gasteiger partial charge >= 0.3 is 12.0 Å². The second-order valence-electron chi connectivity index (χ2n) is 10.7. The van der Waals surface area contributed by atoms with Crippen molar-refractivity contribution in [1.82, 2.24) is 10.6 Å². The van der Waals surface area contributed by atoms with Gasteiger partial charge in [0.2, 0.25) is 0 Å². The maximum Gasteiger partial charge on any atom is 0.321 e. The summed E-state index contributed by atoms with van der Waals surface area (Å²) >= 11 is 0. The molecule has 3 atom stereocenters. The predicted octanol–water partition coefficient (Wildman–Crippen LogP) is 2.72. The molecule has 164 valence electrons. The molecule has 7 nitrogen and oxygen atoms in total. The van der Waals surface area contributed by atoms with E-state index in [1.165, 1.54) is 19.3 Å². The molecule has 0 aliphatic heterocycles. The monoisotopic (exact) mass is 416 g/mol. The van der Waals surface area contributed by atoms with Crippen molar-refractivity contribution < 1.29 is 23.9 Å². The molecule has 6 aliphatic rings. The molecule has 2 N–H and O–H groups in total. The van der Waals surface area contributed by atoms with Crippen molar-refractivity contribution in [2.24, 2.45) is 35.5 Å². The molecular formula is C23H32N2O5. The Morgan fingerprint density at radius 1 is 0.900 bits per heavy atom. The molecule has 6 fully saturated rings. The third kappa shape index (κ3) is 3.87. The van der Waals surface area contributed by atoms with Gasteiger partial charge in [0.1, 0.15) is 5.78 Å². The number of carbonyl (C=O) groups is 4. The van der Waals surface area contributed by atoms with Gasteiger partial charge in [0.05, 0.1) is 5.92 Å². The molecule has 0 spiro atoms. The molecular weight excluding hydrogens is 384 g/mol. The Kier molecular flexibility index (Phi) is 5.10. The van der Waals surface area contributed by atoms with Crippen molar-refractivity contribution in [1.29, 1.82) is 0 Å². The van der Waals surface area contributed by atoms with Crippen LogP contribution in [0.4, 0.5) is 4.79 Å². The van der Waals surface area contributed by atoms with Gasteiger partial charge in [-0.3, -0.25) is 19.7 Å². The molecule has 0 radical (unpaired) electrons. The normalized spacial score (nSPS) is 41.3. The Labute approximate surface area is 177 Å². The lowest BCUT2D eigenvalue weighted by Crippen LogP contribution is -2.62. The van der Waals surface area contributed by atoms with Gasteiger partial charge in [-0.2, -0.15) is 0 Å². The first kappa shape index (κ1) is 20.0. The van der Waals surface area contributed by atoms with Crippen LogP contribution < -0.4 is 10.6 Å².